The van der Waals surface area contributed by atoms with Crippen molar-refractivity contribution in [3.63, 3.8) is 0 Å². The molecule has 1 unspecified atom stereocenters. The van der Waals surface area contributed by atoms with Gasteiger partial charge in [0.25, 0.3) is 5.69 Å². The highest BCUT2D eigenvalue weighted by Gasteiger charge is 2.23. The van der Waals surface area contributed by atoms with Crippen molar-refractivity contribution >= 4 is 23.0 Å². The van der Waals surface area contributed by atoms with Crippen LogP contribution in [0.25, 0.3) is 0 Å². The Bertz CT molecular complexity index is 509. The lowest BCUT2D eigenvalue weighted by atomic mass is 10.2. The fourth-order valence-electron chi connectivity index (χ4n) is 2.12. The van der Waals surface area contributed by atoms with Gasteiger partial charge in [-0.3, -0.25) is 10.1 Å². The maximum Gasteiger partial charge on any atom is 0.295 e. The predicted molar refractivity (Wildman–Crippen MR) is 73.9 cm³/mol. The third kappa shape index (κ3) is 3.36. The molecule has 1 fully saturated rings. The zero-order valence-corrected chi connectivity index (χ0v) is 11.7. The van der Waals surface area contributed by atoms with E-state index < -0.39 is 10.7 Å². The van der Waals surface area contributed by atoms with Gasteiger partial charge in [-0.25, -0.2) is 4.39 Å². The van der Waals surface area contributed by atoms with Crippen molar-refractivity contribution in [2.24, 2.45) is 0 Å². The summed E-state index contributed by atoms with van der Waals surface area (Å²) in [5.41, 5.74) is -0.0336. The Morgan fingerprint density at radius 1 is 1.65 bits per heavy atom. The van der Waals surface area contributed by atoms with Gasteiger partial charge in [0.1, 0.15) is 11.5 Å². The molecule has 0 saturated carbocycles. The van der Waals surface area contributed by atoms with Crippen molar-refractivity contribution in [3.05, 3.63) is 33.1 Å². The molecule has 0 radical (unpaired) electrons. The highest BCUT2D eigenvalue weighted by molar-refractivity contribution is 6.31. The number of nitro benzene ring substituents is 1. The van der Waals surface area contributed by atoms with Crippen LogP contribution in [0.1, 0.15) is 0 Å². The molecule has 1 heterocycles. The van der Waals surface area contributed by atoms with Crippen molar-refractivity contribution in [3.8, 4) is 0 Å². The van der Waals surface area contributed by atoms with E-state index in [2.05, 4.69) is 5.32 Å². The molecule has 2 rings (SSSR count). The molecule has 1 aromatic carbocycles. The summed E-state index contributed by atoms with van der Waals surface area (Å²) in [6, 6.07) is 2.11. The maximum absolute atomic E-state index is 13.4. The van der Waals surface area contributed by atoms with E-state index in [9.17, 15) is 14.5 Å². The second-order valence-corrected chi connectivity index (χ2v) is 5.00. The monoisotopic (exact) mass is 303 g/mol. The molecular formula is C12H15ClFN3O3. The van der Waals surface area contributed by atoms with Gasteiger partial charge in [-0.2, -0.15) is 0 Å². The van der Waals surface area contributed by atoms with Gasteiger partial charge in [0.15, 0.2) is 0 Å². The van der Waals surface area contributed by atoms with Gasteiger partial charge < -0.3 is 15.0 Å². The first kappa shape index (κ1) is 15.0. The van der Waals surface area contributed by atoms with Crippen LogP contribution in [0.4, 0.5) is 15.8 Å². The highest BCUT2D eigenvalue weighted by atomic mass is 35.5. The van der Waals surface area contributed by atoms with E-state index >= 15 is 0 Å². The van der Waals surface area contributed by atoms with Crippen LogP contribution in [-0.4, -0.2) is 44.3 Å². The molecule has 1 N–H and O–H groups in total. The Morgan fingerprint density at radius 3 is 3.00 bits per heavy atom. The van der Waals surface area contributed by atoms with E-state index in [1.54, 1.807) is 11.9 Å². The molecule has 20 heavy (non-hydrogen) atoms. The third-order valence-corrected chi connectivity index (χ3v) is 3.40. The Morgan fingerprint density at radius 2 is 2.40 bits per heavy atom. The highest BCUT2D eigenvalue weighted by Crippen LogP contribution is 2.32. The zero-order valence-electron chi connectivity index (χ0n) is 10.9. The summed E-state index contributed by atoms with van der Waals surface area (Å²) in [5.74, 6) is -0.800. The first-order valence-corrected chi connectivity index (χ1v) is 6.53. The lowest BCUT2D eigenvalue weighted by Crippen LogP contribution is -2.44. The number of hydrogen-bond acceptors (Lipinski definition) is 5. The van der Waals surface area contributed by atoms with Crippen molar-refractivity contribution < 1.29 is 14.1 Å². The number of likely N-dealkylation sites (N-methyl/N-ethyl adjacent to an activating group) is 1. The molecule has 1 aliphatic heterocycles. The second-order valence-electron chi connectivity index (χ2n) is 4.59. The van der Waals surface area contributed by atoms with Crippen molar-refractivity contribution in [2.45, 2.75) is 6.10 Å². The summed E-state index contributed by atoms with van der Waals surface area (Å²) in [4.78, 5) is 12.0. The van der Waals surface area contributed by atoms with E-state index in [1.165, 1.54) is 6.07 Å². The van der Waals surface area contributed by atoms with E-state index in [0.717, 1.165) is 12.6 Å². The number of rotatable bonds is 4. The quantitative estimate of drug-likeness (QED) is 0.679. The van der Waals surface area contributed by atoms with Crippen molar-refractivity contribution in [2.75, 3.05) is 38.2 Å². The molecule has 0 aromatic heterocycles. The number of hydrogen-bond donors (Lipinski definition) is 1. The molecule has 0 aliphatic carbocycles. The van der Waals surface area contributed by atoms with Crippen LogP contribution in [0.15, 0.2) is 12.1 Å². The first-order valence-electron chi connectivity index (χ1n) is 6.16. The summed E-state index contributed by atoms with van der Waals surface area (Å²) in [6.45, 7) is 2.52. The lowest BCUT2D eigenvalue weighted by molar-refractivity contribution is -0.384. The van der Waals surface area contributed by atoms with Crippen LogP contribution in [0.3, 0.4) is 0 Å². The molecule has 1 saturated heterocycles. The summed E-state index contributed by atoms with van der Waals surface area (Å²) in [6.07, 6.45) is -0.0721. The van der Waals surface area contributed by atoms with Gasteiger partial charge in [0, 0.05) is 26.7 Å². The molecule has 0 spiro atoms. The molecule has 110 valence electrons. The van der Waals surface area contributed by atoms with Crippen LogP contribution < -0.4 is 10.2 Å². The smallest absolute Gasteiger partial charge is 0.295 e. The van der Waals surface area contributed by atoms with Crippen molar-refractivity contribution in [1.82, 2.24) is 5.32 Å². The molecule has 1 aliphatic rings. The predicted octanol–water partition coefficient (Wildman–Crippen LogP) is 1.81. The minimum Gasteiger partial charge on any atom is -0.374 e. The van der Waals surface area contributed by atoms with Crippen molar-refractivity contribution in [1.29, 1.82) is 0 Å². The van der Waals surface area contributed by atoms with E-state index in [-0.39, 0.29) is 22.5 Å². The fourth-order valence-corrected chi connectivity index (χ4v) is 2.28. The average molecular weight is 304 g/mol. The van der Waals surface area contributed by atoms with E-state index in [0.29, 0.717) is 19.7 Å². The number of nitrogens with zero attached hydrogens (tertiary/aromatic N) is 2. The number of anilines is 1. The Balaban J connectivity index is 2.21. The van der Waals surface area contributed by atoms with Gasteiger partial charge in [-0.05, 0) is 6.07 Å². The summed E-state index contributed by atoms with van der Waals surface area (Å²) in [7, 11) is 1.69. The molecule has 0 amide bonds. The van der Waals surface area contributed by atoms with Gasteiger partial charge >= 0.3 is 0 Å². The Labute approximate surface area is 120 Å². The maximum atomic E-state index is 13.4. The first-order chi connectivity index (χ1) is 9.49. The van der Waals surface area contributed by atoms with Crippen LogP contribution in [0.2, 0.25) is 5.02 Å². The molecule has 0 bridgehead atoms. The standard InChI is InChI=1S/C12H15ClFN3O3/c1-16(7-8-6-15-2-3-20-8)11-4-9(13)10(14)5-12(11)17(18)19/h4-5,8,15H,2-3,6-7H2,1H3. The van der Waals surface area contributed by atoms with Crippen LogP contribution in [0.5, 0.6) is 0 Å². The molecule has 6 nitrogen and oxygen atoms in total. The summed E-state index contributed by atoms with van der Waals surface area (Å²) < 4.78 is 18.9. The van der Waals surface area contributed by atoms with Gasteiger partial charge in [0.05, 0.1) is 28.7 Å². The van der Waals surface area contributed by atoms with E-state index in [4.69, 9.17) is 16.3 Å². The number of benzene rings is 1. The number of nitrogens with one attached hydrogen (secondary N) is 1. The van der Waals surface area contributed by atoms with Gasteiger partial charge in [-0.15, -0.1) is 0 Å². The normalized spacial score (nSPS) is 18.9. The molecular weight excluding hydrogens is 289 g/mol. The van der Waals surface area contributed by atoms with Crippen LogP contribution in [-0.2, 0) is 4.74 Å². The number of nitro groups is 1. The molecule has 1 atom stereocenters. The Kier molecular flexibility index (Phi) is 4.74. The van der Waals surface area contributed by atoms with Gasteiger partial charge in [0.2, 0.25) is 0 Å². The molecule has 1 aromatic rings. The Hall–Kier alpha value is -1.44. The second kappa shape index (κ2) is 6.34. The third-order valence-electron chi connectivity index (χ3n) is 3.11. The SMILES string of the molecule is CN(CC1CNCCO1)c1cc(Cl)c(F)cc1[N+](=O)[O-]. The van der Waals surface area contributed by atoms with Gasteiger partial charge in [-0.1, -0.05) is 11.6 Å². The fraction of sp³-hybridized carbons (Fsp3) is 0.500. The van der Waals surface area contributed by atoms with E-state index in [1.807, 2.05) is 0 Å². The minimum absolute atomic E-state index is 0.0721. The minimum atomic E-state index is -0.800. The molecule has 8 heteroatoms. The largest absolute Gasteiger partial charge is 0.374 e. The number of halogens is 2. The van der Waals surface area contributed by atoms with Crippen LogP contribution >= 0.6 is 11.6 Å². The number of ether oxygens (including phenoxy) is 1. The topological polar surface area (TPSA) is 67.6 Å². The summed E-state index contributed by atoms with van der Waals surface area (Å²) in [5, 5.41) is 14.0. The zero-order chi connectivity index (χ0) is 14.7. The number of morpholine rings is 1. The summed E-state index contributed by atoms with van der Waals surface area (Å²) >= 11 is 5.71. The average Bonchev–Trinajstić information content (AvgIpc) is 2.42. The van der Waals surface area contributed by atoms with Crippen LogP contribution in [0, 0.1) is 15.9 Å². The lowest BCUT2D eigenvalue weighted by Gasteiger charge is -2.29.